The summed E-state index contributed by atoms with van der Waals surface area (Å²) in [5.74, 6) is 0.980. The fourth-order valence-corrected chi connectivity index (χ4v) is 4.44. The summed E-state index contributed by atoms with van der Waals surface area (Å²) in [6.45, 7) is 8.68. The van der Waals surface area contributed by atoms with Crippen LogP contribution in [0, 0.1) is 17.8 Å². The van der Waals surface area contributed by atoms with Crippen molar-refractivity contribution in [2.45, 2.75) is 65.6 Å². The molecule has 0 spiro atoms. The molecule has 3 unspecified atom stereocenters. The van der Waals surface area contributed by atoms with Crippen LogP contribution in [0.5, 0.6) is 0 Å². The lowest BCUT2D eigenvalue weighted by Crippen LogP contribution is -2.40. The molecule has 2 rings (SSSR count). The van der Waals surface area contributed by atoms with Gasteiger partial charge in [-0.1, -0.05) is 24.6 Å². The lowest BCUT2D eigenvalue weighted by Gasteiger charge is -2.42. The maximum Gasteiger partial charge on any atom is 0.108 e. The molecule has 0 aromatic rings. The SMILES string of the molecule is COC1C(C)=CC2=C(C1O)[C@H](C)CC[C@H]2C(CO)CCC=C(C)C. The van der Waals surface area contributed by atoms with Gasteiger partial charge in [-0.15, -0.1) is 0 Å². The largest absolute Gasteiger partial charge is 0.396 e. The number of hydrogen-bond donors (Lipinski definition) is 2. The van der Waals surface area contributed by atoms with Crippen LogP contribution in [0.2, 0.25) is 0 Å². The first-order valence-electron chi connectivity index (χ1n) is 9.27. The van der Waals surface area contributed by atoms with E-state index in [0.29, 0.717) is 11.8 Å². The molecule has 0 aromatic heterocycles. The number of aliphatic hydroxyl groups is 2. The number of allylic oxidation sites excluding steroid dienone is 4. The topological polar surface area (TPSA) is 49.7 Å². The van der Waals surface area contributed by atoms with Crippen LogP contribution >= 0.6 is 0 Å². The minimum absolute atomic E-state index is 0.211. The van der Waals surface area contributed by atoms with Crippen molar-refractivity contribution in [1.82, 2.24) is 0 Å². The highest BCUT2D eigenvalue weighted by molar-refractivity contribution is 5.43. The lowest BCUT2D eigenvalue weighted by atomic mass is 9.66. The van der Waals surface area contributed by atoms with Crippen LogP contribution in [-0.2, 0) is 4.74 Å². The molecule has 2 aliphatic carbocycles. The van der Waals surface area contributed by atoms with Gasteiger partial charge in [0.1, 0.15) is 12.2 Å². The standard InChI is InChI=1S/C21H34O3/c1-13(2)7-6-8-16(12-22)17-10-9-14(3)19-18(17)11-15(4)21(24-5)20(19)23/h7,11,14,16-17,20-23H,6,8-10,12H2,1-5H3/t14-,16?,17+,20?,21?/m1/s1. The Morgan fingerprint density at radius 2 is 2.08 bits per heavy atom. The predicted octanol–water partition coefficient (Wildman–Crippen LogP) is 4.02. The molecule has 0 saturated heterocycles. The van der Waals surface area contributed by atoms with E-state index in [1.807, 2.05) is 6.92 Å². The van der Waals surface area contributed by atoms with Gasteiger partial charge in [0.25, 0.3) is 0 Å². The summed E-state index contributed by atoms with van der Waals surface area (Å²) in [5, 5.41) is 20.8. The van der Waals surface area contributed by atoms with Crippen LogP contribution in [-0.4, -0.2) is 36.1 Å². The molecule has 136 valence electrons. The average molecular weight is 335 g/mol. The quantitative estimate of drug-likeness (QED) is 0.721. The smallest absolute Gasteiger partial charge is 0.108 e. The minimum Gasteiger partial charge on any atom is -0.396 e. The maximum absolute atomic E-state index is 10.8. The molecule has 3 nitrogen and oxygen atoms in total. The number of aliphatic hydroxyl groups excluding tert-OH is 2. The fraction of sp³-hybridized carbons (Fsp3) is 0.714. The van der Waals surface area contributed by atoms with E-state index in [4.69, 9.17) is 4.74 Å². The van der Waals surface area contributed by atoms with Gasteiger partial charge in [0.15, 0.2) is 0 Å². The molecule has 0 saturated carbocycles. The van der Waals surface area contributed by atoms with E-state index in [-0.39, 0.29) is 18.6 Å². The third kappa shape index (κ3) is 4.01. The monoisotopic (exact) mass is 334 g/mol. The maximum atomic E-state index is 10.8. The van der Waals surface area contributed by atoms with Crippen molar-refractivity contribution >= 4 is 0 Å². The second kappa shape index (κ2) is 8.46. The third-order valence-electron chi connectivity index (χ3n) is 5.76. The predicted molar refractivity (Wildman–Crippen MR) is 98.7 cm³/mol. The highest BCUT2D eigenvalue weighted by atomic mass is 16.5. The summed E-state index contributed by atoms with van der Waals surface area (Å²) in [6.07, 6.45) is 7.86. The molecule has 0 radical (unpaired) electrons. The fourth-order valence-electron chi connectivity index (χ4n) is 4.44. The Labute approximate surface area is 147 Å². The minimum atomic E-state index is -0.551. The lowest BCUT2D eigenvalue weighted by molar-refractivity contribution is 0.0188. The molecule has 0 aromatic carbocycles. The number of ether oxygens (including phenoxy) is 1. The summed E-state index contributed by atoms with van der Waals surface area (Å²) >= 11 is 0. The van der Waals surface area contributed by atoms with Crippen LogP contribution in [0.1, 0.15) is 53.4 Å². The van der Waals surface area contributed by atoms with E-state index in [9.17, 15) is 10.2 Å². The Bertz CT molecular complexity index is 525. The molecule has 0 amide bonds. The van der Waals surface area contributed by atoms with Gasteiger partial charge in [0.2, 0.25) is 0 Å². The van der Waals surface area contributed by atoms with Crippen molar-refractivity contribution in [2.75, 3.05) is 13.7 Å². The van der Waals surface area contributed by atoms with Crippen LogP contribution in [0.25, 0.3) is 0 Å². The molecule has 2 aliphatic rings. The Morgan fingerprint density at radius 1 is 1.38 bits per heavy atom. The van der Waals surface area contributed by atoms with E-state index >= 15 is 0 Å². The molecule has 0 bridgehead atoms. The van der Waals surface area contributed by atoms with Crippen LogP contribution in [0.4, 0.5) is 0 Å². The van der Waals surface area contributed by atoms with Crippen molar-refractivity contribution in [3.05, 3.63) is 34.4 Å². The van der Waals surface area contributed by atoms with Crippen molar-refractivity contribution < 1.29 is 14.9 Å². The summed E-state index contributed by atoms with van der Waals surface area (Å²) in [6, 6.07) is 0. The zero-order valence-corrected chi connectivity index (χ0v) is 15.9. The zero-order chi connectivity index (χ0) is 17.9. The molecule has 0 fully saturated rings. The second-order valence-corrected chi connectivity index (χ2v) is 7.79. The number of hydrogen-bond acceptors (Lipinski definition) is 3. The third-order valence-corrected chi connectivity index (χ3v) is 5.76. The van der Waals surface area contributed by atoms with E-state index in [1.165, 1.54) is 11.1 Å². The Balaban J connectivity index is 2.29. The average Bonchev–Trinajstić information content (AvgIpc) is 2.52. The van der Waals surface area contributed by atoms with Gasteiger partial charge < -0.3 is 14.9 Å². The van der Waals surface area contributed by atoms with Gasteiger partial charge in [-0.2, -0.15) is 0 Å². The molecule has 3 heteroatoms. The second-order valence-electron chi connectivity index (χ2n) is 7.79. The molecule has 0 aliphatic heterocycles. The van der Waals surface area contributed by atoms with Gasteiger partial charge in [-0.25, -0.2) is 0 Å². The molecular weight excluding hydrogens is 300 g/mol. The van der Waals surface area contributed by atoms with Gasteiger partial charge in [-0.3, -0.25) is 0 Å². The summed E-state index contributed by atoms with van der Waals surface area (Å²) in [4.78, 5) is 0. The van der Waals surface area contributed by atoms with Gasteiger partial charge >= 0.3 is 0 Å². The van der Waals surface area contributed by atoms with Gasteiger partial charge in [0, 0.05) is 13.7 Å². The van der Waals surface area contributed by atoms with Crippen LogP contribution in [0.15, 0.2) is 34.4 Å². The zero-order valence-electron chi connectivity index (χ0n) is 15.9. The van der Waals surface area contributed by atoms with Crippen molar-refractivity contribution in [3.63, 3.8) is 0 Å². The number of methoxy groups -OCH3 is 1. The molecule has 5 atom stereocenters. The van der Waals surface area contributed by atoms with Crippen LogP contribution in [0.3, 0.4) is 0 Å². The van der Waals surface area contributed by atoms with Gasteiger partial charge in [-0.05, 0) is 80.9 Å². The molecular formula is C21H34O3. The highest BCUT2D eigenvalue weighted by Gasteiger charge is 2.39. The molecule has 24 heavy (non-hydrogen) atoms. The first-order chi connectivity index (χ1) is 11.4. The van der Waals surface area contributed by atoms with Crippen molar-refractivity contribution in [1.29, 1.82) is 0 Å². The summed E-state index contributed by atoms with van der Waals surface area (Å²) < 4.78 is 5.52. The summed E-state index contributed by atoms with van der Waals surface area (Å²) in [7, 11) is 1.66. The summed E-state index contributed by atoms with van der Waals surface area (Å²) in [5.41, 5.74) is 4.83. The number of rotatable bonds is 6. The normalized spacial score (nSPS) is 31.4. The van der Waals surface area contributed by atoms with E-state index in [2.05, 4.69) is 32.9 Å². The van der Waals surface area contributed by atoms with Gasteiger partial charge in [0.05, 0.1) is 0 Å². The van der Waals surface area contributed by atoms with E-state index in [0.717, 1.165) is 36.8 Å². The van der Waals surface area contributed by atoms with Crippen molar-refractivity contribution in [3.8, 4) is 0 Å². The van der Waals surface area contributed by atoms with Crippen LogP contribution < -0.4 is 0 Å². The Morgan fingerprint density at radius 3 is 2.67 bits per heavy atom. The molecule has 2 N–H and O–H groups in total. The highest BCUT2D eigenvalue weighted by Crippen LogP contribution is 2.45. The first-order valence-corrected chi connectivity index (χ1v) is 9.27. The van der Waals surface area contributed by atoms with Crippen molar-refractivity contribution in [2.24, 2.45) is 17.8 Å². The molecule has 0 heterocycles. The Kier molecular flexibility index (Phi) is 6.85. The first kappa shape index (κ1) is 19.4. The van der Waals surface area contributed by atoms with E-state index < -0.39 is 6.10 Å². The Hall–Kier alpha value is -0.900. The van der Waals surface area contributed by atoms with E-state index in [1.54, 1.807) is 7.11 Å².